The van der Waals surface area contributed by atoms with Crippen molar-refractivity contribution in [3.8, 4) is 5.75 Å². The van der Waals surface area contributed by atoms with Crippen LogP contribution < -0.4 is 9.64 Å². The fourth-order valence-electron chi connectivity index (χ4n) is 2.09. The Morgan fingerprint density at radius 1 is 1.28 bits per heavy atom. The molecule has 3 rings (SSSR count). The van der Waals surface area contributed by atoms with Crippen LogP contribution in [0.15, 0.2) is 41.8 Å². The number of carbonyl (C=O) groups excluding carboxylic acids is 1. The second kappa shape index (κ2) is 4.82. The topological polar surface area (TPSA) is 29.5 Å². The van der Waals surface area contributed by atoms with Crippen LogP contribution in [0, 0.1) is 0 Å². The van der Waals surface area contributed by atoms with Crippen molar-refractivity contribution >= 4 is 22.9 Å². The number of amides is 1. The van der Waals surface area contributed by atoms with Gasteiger partial charge in [0.15, 0.2) is 0 Å². The molecular weight excluding hydrogens is 246 g/mol. The van der Waals surface area contributed by atoms with E-state index in [9.17, 15) is 4.79 Å². The molecule has 0 radical (unpaired) electrons. The number of thiophene rings is 1. The third-order valence-corrected chi connectivity index (χ3v) is 3.81. The standard InChI is InChI=1S/C14H13NO2S/c16-14(10-11-4-3-9-18-11)15-7-8-17-13-6-2-1-5-12(13)15/h1-6,9H,7-8,10H2. The Balaban J connectivity index is 1.83. The van der Waals surface area contributed by atoms with E-state index in [4.69, 9.17) is 4.74 Å². The minimum absolute atomic E-state index is 0.133. The molecule has 0 unspecified atom stereocenters. The molecule has 1 aliphatic rings. The first-order valence-electron chi connectivity index (χ1n) is 5.89. The summed E-state index contributed by atoms with van der Waals surface area (Å²) in [6, 6.07) is 11.7. The van der Waals surface area contributed by atoms with Crippen molar-refractivity contribution in [1.29, 1.82) is 0 Å². The van der Waals surface area contributed by atoms with Gasteiger partial charge in [-0.3, -0.25) is 4.79 Å². The molecule has 0 saturated carbocycles. The van der Waals surface area contributed by atoms with E-state index < -0.39 is 0 Å². The highest BCUT2D eigenvalue weighted by atomic mass is 32.1. The molecule has 0 spiro atoms. The Morgan fingerprint density at radius 3 is 3.00 bits per heavy atom. The first-order valence-corrected chi connectivity index (χ1v) is 6.77. The van der Waals surface area contributed by atoms with Gasteiger partial charge in [0, 0.05) is 4.88 Å². The quantitative estimate of drug-likeness (QED) is 0.830. The lowest BCUT2D eigenvalue weighted by Gasteiger charge is -2.29. The fraction of sp³-hybridized carbons (Fsp3) is 0.214. The van der Waals surface area contributed by atoms with E-state index in [0.29, 0.717) is 19.6 Å². The van der Waals surface area contributed by atoms with Gasteiger partial charge in [-0.15, -0.1) is 11.3 Å². The maximum absolute atomic E-state index is 12.3. The summed E-state index contributed by atoms with van der Waals surface area (Å²) in [5, 5.41) is 2.00. The van der Waals surface area contributed by atoms with Crippen LogP contribution in [0.3, 0.4) is 0 Å². The summed E-state index contributed by atoms with van der Waals surface area (Å²) in [6.45, 7) is 1.19. The number of para-hydroxylation sites is 2. The smallest absolute Gasteiger partial charge is 0.232 e. The molecule has 0 fully saturated rings. The Hall–Kier alpha value is -1.81. The Kier molecular flexibility index (Phi) is 3.02. The summed E-state index contributed by atoms with van der Waals surface area (Å²) in [6.07, 6.45) is 0.464. The maximum atomic E-state index is 12.3. The molecule has 1 aliphatic heterocycles. The molecule has 2 heterocycles. The second-order valence-electron chi connectivity index (χ2n) is 4.12. The number of carbonyl (C=O) groups is 1. The zero-order valence-corrected chi connectivity index (χ0v) is 10.7. The molecule has 0 bridgehead atoms. The van der Waals surface area contributed by atoms with Crippen LogP contribution in [-0.4, -0.2) is 19.1 Å². The zero-order valence-electron chi connectivity index (χ0n) is 9.83. The monoisotopic (exact) mass is 259 g/mol. The predicted molar refractivity (Wildman–Crippen MR) is 72.3 cm³/mol. The Labute approximate surface area is 110 Å². The van der Waals surface area contributed by atoms with Gasteiger partial charge >= 0.3 is 0 Å². The molecule has 0 N–H and O–H groups in total. The van der Waals surface area contributed by atoms with Gasteiger partial charge in [-0.1, -0.05) is 18.2 Å². The number of rotatable bonds is 2. The van der Waals surface area contributed by atoms with Crippen LogP contribution >= 0.6 is 11.3 Å². The average molecular weight is 259 g/mol. The van der Waals surface area contributed by atoms with Gasteiger partial charge in [0.25, 0.3) is 0 Å². The number of benzene rings is 1. The Bertz CT molecular complexity index is 551. The maximum Gasteiger partial charge on any atom is 0.232 e. The number of nitrogens with zero attached hydrogens (tertiary/aromatic N) is 1. The van der Waals surface area contributed by atoms with Crippen molar-refractivity contribution < 1.29 is 9.53 Å². The predicted octanol–water partition coefficient (Wildman–Crippen LogP) is 2.72. The van der Waals surface area contributed by atoms with Crippen molar-refractivity contribution in [3.05, 3.63) is 46.7 Å². The van der Waals surface area contributed by atoms with E-state index in [0.717, 1.165) is 16.3 Å². The third kappa shape index (κ3) is 2.11. The number of hydrogen-bond donors (Lipinski definition) is 0. The van der Waals surface area contributed by atoms with Gasteiger partial charge in [0.1, 0.15) is 12.4 Å². The molecule has 4 heteroatoms. The molecule has 1 aromatic heterocycles. The van der Waals surface area contributed by atoms with Gasteiger partial charge in [-0.2, -0.15) is 0 Å². The summed E-state index contributed by atoms with van der Waals surface area (Å²) in [7, 11) is 0. The first kappa shape index (κ1) is 11.3. The number of ether oxygens (including phenoxy) is 1. The molecule has 2 aromatic rings. The lowest BCUT2D eigenvalue weighted by atomic mass is 10.2. The van der Waals surface area contributed by atoms with Gasteiger partial charge in [0.2, 0.25) is 5.91 Å². The van der Waals surface area contributed by atoms with E-state index >= 15 is 0 Å². The first-order chi connectivity index (χ1) is 8.84. The lowest BCUT2D eigenvalue weighted by molar-refractivity contribution is -0.118. The normalized spacial score (nSPS) is 13.9. The SMILES string of the molecule is O=C(Cc1cccs1)N1CCOc2ccccc21. The summed E-state index contributed by atoms with van der Waals surface area (Å²) >= 11 is 1.62. The lowest BCUT2D eigenvalue weighted by Crippen LogP contribution is -2.38. The number of fused-ring (bicyclic) bond motifs is 1. The molecule has 92 valence electrons. The third-order valence-electron chi connectivity index (χ3n) is 2.94. The van der Waals surface area contributed by atoms with Gasteiger partial charge < -0.3 is 9.64 Å². The molecule has 0 aliphatic carbocycles. The highest BCUT2D eigenvalue weighted by Crippen LogP contribution is 2.31. The molecule has 3 nitrogen and oxygen atoms in total. The van der Waals surface area contributed by atoms with Crippen LogP contribution in [-0.2, 0) is 11.2 Å². The van der Waals surface area contributed by atoms with Crippen molar-refractivity contribution in [2.24, 2.45) is 0 Å². The van der Waals surface area contributed by atoms with Crippen molar-refractivity contribution in [2.45, 2.75) is 6.42 Å². The van der Waals surface area contributed by atoms with E-state index in [-0.39, 0.29) is 5.91 Å². The highest BCUT2D eigenvalue weighted by Gasteiger charge is 2.23. The van der Waals surface area contributed by atoms with Gasteiger partial charge in [0.05, 0.1) is 18.7 Å². The largest absolute Gasteiger partial charge is 0.490 e. The van der Waals surface area contributed by atoms with Crippen molar-refractivity contribution in [1.82, 2.24) is 0 Å². The summed E-state index contributed by atoms with van der Waals surface area (Å²) < 4.78 is 5.55. The van der Waals surface area contributed by atoms with Crippen molar-refractivity contribution in [2.75, 3.05) is 18.1 Å². The molecular formula is C14H13NO2S. The van der Waals surface area contributed by atoms with Crippen LogP contribution in [0.2, 0.25) is 0 Å². The molecule has 0 saturated heterocycles. The minimum Gasteiger partial charge on any atom is -0.490 e. The van der Waals surface area contributed by atoms with Crippen LogP contribution in [0.1, 0.15) is 4.88 Å². The zero-order chi connectivity index (χ0) is 12.4. The highest BCUT2D eigenvalue weighted by molar-refractivity contribution is 7.10. The van der Waals surface area contributed by atoms with Gasteiger partial charge in [-0.05, 0) is 23.6 Å². The molecule has 1 aromatic carbocycles. The number of anilines is 1. The van der Waals surface area contributed by atoms with E-state index in [1.54, 1.807) is 11.3 Å². The van der Waals surface area contributed by atoms with Crippen LogP contribution in [0.25, 0.3) is 0 Å². The van der Waals surface area contributed by atoms with E-state index in [2.05, 4.69) is 0 Å². The second-order valence-corrected chi connectivity index (χ2v) is 5.15. The Morgan fingerprint density at radius 2 is 2.17 bits per heavy atom. The average Bonchev–Trinajstić information content (AvgIpc) is 2.91. The number of hydrogen-bond acceptors (Lipinski definition) is 3. The molecule has 1 amide bonds. The van der Waals surface area contributed by atoms with Gasteiger partial charge in [-0.25, -0.2) is 0 Å². The fourth-order valence-corrected chi connectivity index (χ4v) is 2.78. The summed E-state index contributed by atoms with van der Waals surface area (Å²) in [5.41, 5.74) is 0.880. The summed E-state index contributed by atoms with van der Waals surface area (Å²) in [5.74, 6) is 0.927. The van der Waals surface area contributed by atoms with Crippen LogP contribution in [0.4, 0.5) is 5.69 Å². The molecule has 0 atom stereocenters. The minimum atomic E-state index is 0.133. The van der Waals surface area contributed by atoms with E-state index in [1.807, 2.05) is 46.7 Å². The van der Waals surface area contributed by atoms with E-state index in [1.165, 1.54) is 0 Å². The summed E-state index contributed by atoms with van der Waals surface area (Å²) in [4.78, 5) is 15.2. The molecule has 18 heavy (non-hydrogen) atoms. The van der Waals surface area contributed by atoms with Crippen molar-refractivity contribution in [3.63, 3.8) is 0 Å². The van der Waals surface area contributed by atoms with Crippen LogP contribution in [0.5, 0.6) is 5.75 Å².